The number of aryl methyl sites for hydroxylation is 1. The highest BCUT2D eigenvalue weighted by molar-refractivity contribution is 5.14. The number of benzene rings is 1. The lowest BCUT2D eigenvalue weighted by molar-refractivity contribution is 0.618. The summed E-state index contributed by atoms with van der Waals surface area (Å²) in [6, 6.07) is 6.70. The molecule has 0 heterocycles. The molecule has 0 amide bonds. The first-order chi connectivity index (χ1) is 8.72. The van der Waals surface area contributed by atoms with Crippen molar-refractivity contribution >= 4 is 0 Å². The van der Waals surface area contributed by atoms with Gasteiger partial charge in [-0.1, -0.05) is 84.4 Å². The van der Waals surface area contributed by atoms with Crippen LogP contribution >= 0.6 is 0 Å². The lowest BCUT2D eigenvalue weighted by Gasteiger charge is -1.93. The van der Waals surface area contributed by atoms with Gasteiger partial charge in [0.1, 0.15) is 5.82 Å². The molecule has 0 aromatic heterocycles. The van der Waals surface area contributed by atoms with E-state index in [0.29, 0.717) is 5.56 Å². The summed E-state index contributed by atoms with van der Waals surface area (Å²) in [6.45, 7) is 10.3. The molecular formula is C17H31F. The molecule has 1 heteroatoms. The van der Waals surface area contributed by atoms with Gasteiger partial charge in [-0.3, -0.25) is 0 Å². The molecule has 1 rings (SSSR count). The average Bonchev–Trinajstić information content (AvgIpc) is 2.41. The largest absolute Gasteiger partial charge is 0.207 e. The van der Waals surface area contributed by atoms with Crippen molar-refractivity contribution in [1.82, 2.24) is 0 Å². The Morgan fingerprint density at radius 1 is 0.833 bits per heavy atom. The highest BCUT2D eigenvalue weighted by atomic mass is 19.1. The van der Waals surface area contributed by atoms with E-state index in [1.807, 2.05) is 19.9 Å². The maximum Gasteiger partial charge on any atom is 0.126 e. The third kappa shape index (κ3) is 13.2. The SMILES string of the molecule is CC.CCCCCCCC.Cc1ccccc1F. The first-order valence-corrected chi connectivity index (χ1v) is 7.43. The van der Waals surface area contributed by atoms with Crippen LogP contribution in [0, 0.1) is 12.7 Å². The summed E-state index contributed by atoms with van der Waals surface area (Å²) < 4.78 is 12.3. The van der Waals surface area contributed by atoms with Gasteiger partial charge in [0.15, 0.2) is 0 Å². The normalized spacial score (nSPS) is 8.78. The molecule has 0 unspecified atom stereocenters. The molecule has 0 aliphatic carbocycles. The molecule has 0 nitrogen and oxygen atoms in total. The standard InChI is InChI=1S/C8H18.C7H7F.C2H6/c1-3-5-7-8-6-4-2;1-6-4-2-3-5-7(6)8;1-2/h3-8H2,1-2H3;2-5H,1H3;1-2H3. The van der Waals surface area contributed by atoms with Crippen molar-refractivity contribution in [2.24, 2.45) is 0 Å². The molecule has 0 bridgehead atoms. The molecule has 1 aromatic rings. The van der Waals surface area contributed by atoms with Gasteiger partial charge >= 0.3 is 0 Å². The maximum atomic E-state index is 12.3. The summed E-state index contributed by atoms with van der Waals surface area (Å²) in [7, 11) is 0. The second kappa shape index (κ2) is 16.1. The van der Waals surface area contributed by atoms with Gasteiger partial charge < -0.3 is 0 Å². The molecule has 0 fully saturated rings. The zero-order valence-electron chi connectivity index (χ0n) is 12.9. The minimum atomic E-state index is -0.132. The van der Waals surface area contributed by atoms with E-state index in [1.54, 1.807) is 19.1 Å². The molecular weight excluding hydrogens is 223 g/mol. The maximum absolute atomic E-state index is 12.3. The molecule has 0 radical (unpaired) electrons. The van der Waals surface area contributed by atoms with Gasteiger partial charge in [-0.15, -0.1) is 0 Å². The summed E-state index contributed by atoms with van der Waals surface area (Å²) in [6.07, 6.45) is 8.49. The van der Waals surface area contributed by atoms with Crippen molar-refractivity contribution in [3.63, 3.8) is 0 Å². The highest BCUT2D eigenvalue weighted by Crippen LogP contribution is 2.03. The van der Waals surface area contributed by atoms with Crippen molar-refractivity contribution in [3.8, 4) is 0 Å². The van der Waals surface area contributed by atoms with Gasteiger partial charge in [0.05, 0.1) is 0 Å². The van der Waals surface area contributed by atoms with E-state index in [-0.39, 0.29) is 5.82 Å². The summed E-state index contributed by atoms with van der Waals surface area (Å²) in [5.74, 6) is -0.132. The third-order valence-electron chi connectivity index (χ3n) is 2.53. The van der Waals surface area contributed by atoms with Crippen molar-refractivity contribution in [2.45, 2.75) is 73.1 Å². The zero-order valence-corrected chi connectivity index (χ0v) is 12.9. The van der Waals surface area contributed by atoms with Gasteiger partial charge in [-0.05, 0) is 18.6 Å². The van der Waals surface area contributed by atoms with Gasteiger partial charge in [-0.25, -0.2) is 4.39 Å². The lowest BCUT2D eigenvalue weighted by Crippen LogP contribution is -1.76. The van der Waals surface area contributed by atoms with E-state index in [2.05, 4.69) is 13.8 Å². The van der Waals surface area contributed by atoms with Crippen molar-refractivity contribution in [1.29, 1.82) is 0 Å². The first kappa shape index (κ1) is 19.5. The highest BCUT2D eigenvalue weighted by Gasteiger charge is 1.88. The molecule has 18 heavy (non-hydrogen) atoms. The molecule has 0 aliphatic heterocycles. The van der Waals surface area contributed by atoms with Gasteiger partial charge in [0, 0.05) is 0 Å². The van der Waals surface area contributed by atoms with Crippen LogP contribution in [0.1, 0.15) is 71.8 Å². The van der Waals surface area contributed by atoms with Crippen LogP contribution in [0.25, 0.3) is 0 Å². The topological polar surface area (TPSA) is 0 Å². The number of hydrogen-bond donors (Lipinski definition) is 0. The molecule has 0 saturated heterocycles. The number of unbranched alkanes of at least 4 members (excludes halogenated alkanes) is 5. The molecule has 106 valence electrons. The minimum absolute atomic E-state index is 0.132. The van der Waals surface area contributed by atoms with Crippen LogP contribution in [0.2, 0.25) is 0 Å². The first-order valence-electron chi connectivity index (χ1n) is 7.43. The van der Waals surface area contributed by atoms with Gasteiger partial charge in [-0.2, -0.15) is 0 Å². The van der Waals surface area contributed by atoms with E-state index >= 15 is 0 Å². The Kier molecular flexibility index (Phi) is 17.5. The predicted molar refractivity (Wildman–Crippen MR) is 81.5 cm³/mol. The second-order valence-corrected chi connectivity index (χ2v) is 4.16. The number of rotatable bonds is 5. The summed E-state index contributed by atoms with van der Waals surface area (Å²) in [5, 5.41) is 0. The Balaban J connectivity index is 0. The van der Waals surface area contributed by atoms with E-state index in [0.717, 1.165) is 0 Å². The predicted octanol–water partition coefficient (Wildman–Crippen LogP) is 6.53. The summed E-state index contributed by atoms with van der Waals surface area (Å²) >= 11 is 0. The Morgan fingerprint density at radius 2 is 1.28 bits per heavy atom. The lowest BCUT2D eigenvalue weighted by atomic mass is 10.1. The average molecular weight is 254 g/mol. The summed E-state index contributed by atoms with van der Waals surface area (Å²) in [5.41, 5.74) is 0.701. The summed E-state index contributed by atoms with van der Waals surface area (Å²) in [4.78, 5) is 0. The van der Waals surface area contributed by atoms with Crippen LogP contribution in [-0.4, -0.2) is 0 Å². The van der Waals surface area contributed by atoms with E-state index < -0.39 is 0 Å². The zero-order chi connectivity index (χ0) is 14.2. The molecule has 1 aromatic carbocycles. The van der Waals surface area contributed by atoms with Crippen LogP contribution in [-0.2, 0) is 0 Å². The fourth-order valence-corrected chi connectivity index (χ4v) is 1.40. The van der Waals surface area contributed by atoms with Crippen LogP contribution < -0.4 is 0 Å². The molecule has 0 aliphatic rings. The quantitative estimate of drug-likeness (QED) is 0.524. The molecule has 0 saturated carbocycles. The molecule has 0 N–H and O–H groups in total. The van der Waals surface area contributed by atoms with Gasteiger partial charge in [0.25, 0.3) is 0 Å². The molecule has 0 atom stereocenters. The van der Waals surface area contributed by atoms with E-state index in [1.165, 1.54) is 44.6 Å². The molecule has 0 spiro atoms. The van der Waals surface area contributed by atoms with Crippen LogP contribution in [0.15, 0.2) is 24.3 Å². The Hall–Kier alpha value is -0.850. The van der Waals surface area contributed by atoms with Crippen molar-refractivity contribution in [3.05, 3.63) is 35.6 Å². The van der Waals surface area contributed by atoms with Crippen LogP contribution in [0.3, 0.4) is 0 Å². The monoisotopic (exact) mass is 254 g/mol. The van der Waals surface area contributed by atoms with Crippen LogP contribution in [0.4, 0.5) is 4.39 Å². The fourth-order valence-electron chi connectivity index (χ4n) is 1.40. The van der Waals surface area contributed by atoms with Crippen LogP contribution in [0.5, 0.6) is 0 Å². The number of hydrogen-bond acceptors (Lipinski definition) is 0. The Bertz CT molecular complexity index is 229. The second-order valence-electron chi connectivity index (χ2n) is 4.16. The van der Waals surface area contributed by atoms with E-state index in [9.17, 15) is 4.39 Å². The Labute approximate surface area is 114 Å². The van der Waals surface area contributed by atoms with Gasteiger partial charge in [0.2, 0.25) is 0 Å². The minimum Gasteiger partial charge on any atom is -0.207 e. The van der Waals surface area contributed by atoms with Crippen molar-refractivity contribution < 1.29 is 4.39 Å². The third-order valence-corrected chi connectivity index (χ3v) is 2.53. The number of halogens is 1. The van der Waals surface area contributed by atoms with E-state index in [4.69, 9.17) is 0 Å². The fraction of sp³-hybridized carbons (Fsp3) is 0.647. The smallest absolute Gasteiger partial charge is 0.126 e. The van der Waals surface area contributed by atoms with Crippen molar-refractivity contribution in [2.75, 3.05) is 0 Å². The Morgan fingerprint density at radius 3 is 1.56 bits per heavy atom.